The van der Waals surface area contributed by atoms with E-state index in [0.717, 1.165) is 5.56 Å². The van der Waals surface area contributed by atoms with E-state index in [1.807, 2.05) is 34.6 Å². The summed E-state index contributed by atoms with van der Waals surface area (Å²) in [5.74, 6) is 0.136. The van der Waals surface area contributed by atoms with Gasteiger partial charge in [-0.25, -0.2) is 13.2 Å². The van der Waals surface area contributed by atoms with E-state index in [1.165, 1.54) is 0 Å². The molecule has 1 aliphatic rings. The molecule has 2 rings (SSSR count). The molecular formula is C16H24N2O3S. The van der Waals surface area contributed by atoms with E-state index in [2.05, 4.69) is 10.6 Å². The van der Waals surface area contributed by atoms with Crippen LogP contribution >= 0.6 is 0 Å². The Labute approximate surface area is 132 Å². The first kappa shape index (κ1) is 16.8. The minimum absolute atomic E-state index is 0.136. The third-order valence-corrected chi connectivity index (χ3v) is 6.63. The fourth-order valence-corrected chi connectivity index (χ4v) is 5.20. The number of rotatable bonds is 3. The Balaban J connectivity index is 2.48. The Bertz CT molecular complexity index is 663. The van der Waals surface area contributed by atoms with Crippen LogP contribution in [0.15, 0.2) is 29.2 Å². The van der Waals surface area contributed by atoms with Crippen LogP contribution in [0, 0.1) is 18.3 Å². The van der Waals surface area contributed by atoms with Crippen LogP contribution in [-0.4, -0.2) is 25.9 Å². The van der Waals surface area contributed by atoms with E-state index in [4.69, 9.17) is 0 Å². The summed E-state index contributed by atoms with van der Waals surface area (Å²) in [6.07, 6.45) is 0. The molecule has 0 saturated carbocycles. The van der Waals surface area contributed by atoms with Gasteiger partial charge in [0.25, 0.3) is 0 Å². The second-order valence-corrected chi connectivity index (χ2v) is 8.93. The number of hydrogen-bond acceptors (Lipinski definition) is 3. The van der Waals surface area contributed by atoms with Gasteiger partial charge in [0.1, 0.15) is 5.37 Å². The molecule has 1 aromatic rings. The second-order valence-electron chi connectivity index (χ2n) is 6.90. The van der Waals surface area contributed by atoms with Crippen molar-refractivity contribution >= 4 is 15.9 Å². The first-order chi connectivity index (χ1) is 10.1. The highest BCUT2D eigenvalue weighted by Gasteiger charge is 2.50. The third-order valence-electron chi connectivity index (χ3n) is 4.35. The molecule has 1 aliphatic heterocycles. The lowest BCUT2D eigenvalue weighted by molar-refractivity contribution is 0.136. The summed E-state index contributed by atoms with van der Waals surface area (Å²) in [6.45, 7) is 9.61. The van der Waals surface area contributed by atoms with Crippen LogP contribution in [0.5, 0.6) is 0 Å². The minimum atomic E-state index is -3.66. The molecule has 2 N–H and O–H groups in total. The fraction of sp³-hybridized carbons (Fsp3) is 0.562. The highest BCUT2D eigenvalue weighted by Crippen LogP contribution is 2.37. The van der Waals surface area contributed by atoms with Crippen LogP contribution in [0.2, 0.25) is 0 Å². The normalized spacial score (nSPS) is 24.7. The van der Waals surface area contributed by atoms with Crippen molar-refractivity contribution in [1.29, 1.82) is 0 Å². The summed E-state index contributed by atoms with van der Waals surface area (Å²) >= 11 is 0. The maximum atomic E-state index is 13.0. The van der Waals surface area contributed by atoms with Crippen molar-refractivity contribution in [2.75, 3.05) is 0 Å². The first-order valence-electron chi connectivity index (χ1n) is 7.44. The van der Waals surface area contributed by atoms with Crippen molar-refractivity contribution in [2.24, 2.45) is 11.3 Å². The van der Waals surface area contributed by atoms with E-state index >= 15 is 0 Å². The number of urea groups is 1. The lowest BCUT2D eigenvalue weighted by Crippen LogP contribution is -2.68. The molecular weight excluding hydrogens is 300 g/mol. The zero-order valence-electron chi connectivity index (χ0n) is 13.7. The van der Waals surface area contributed by atoms with Gasteiger partial charge in [-0.15, -0.1) is 0 Å². The van der Waals surface area contributed by atoms with Crippen LogP contribution in [-0.2, 0) is 9.84 Å². The van der Waals surface area contributed by atoms with Gasteiger partial charge in [0.05, 0.1) is 4.90 Å². The van der Waals surface area contributed by atoms with Gasteiger partial charge in [-0.05, 0) is 25.0 Å². The van der Waals surface area contributed by atoms with Crippen LogP contribution in [0.25, 0.3) is 0 Å². The molecule has 22 heavy (non-hydrogen) atoms. The van der Waals surface area contributed by atoms with Gasteiger partial charge >= 0.3 is 6.03 Å². The fourth-order valence-electron chi connectivity index (χ4n) is 3.20. The van der Waals surface area contributed by atoms with Gasteiger partial charge in [0.15, 0.2) is 9.84 Å². The Morgan fingerprint density at radius 1 is 1.09 bits per heavy atom. The monoisotopic (exact) mass is 324 g/mol. The van der Waals surface area contributed by atoms with Gasteiger partial charge in [0.2, 0.25) is 0 Å². The second kappa shape index (κ2) is 5.57. The molecule has 6 heteroatoms. The third kappa shape index (κ3) is 2.84. The first-order valence-corrected chi connectivity index (χ1v) is 8.99. The molecule has 0 aromatic heterocycles. The average molecular weight is 324 g/mol. The summed E-state index contributed by atoms with van der Waals surface area (Å²) in [6, 6.07) is 6.08. The lowest BCUT2D eigenvalue weighted by atomic mass is 9.77. The Morgan fingerprint density at radius 2 is 1.64 bits per heavy atom. The number of aryl methyl sites for hydroxylation is 1. The predicted molar refractivity (Wildman–Crippen MR) is 86.2 cm³/mol. The zero-order chi connectivity index (χ0) is 16.7. The van der Waals surface area contributed by atoms with E-state index in [9.17, 15) is 13.2 Å². The summed E-state index contributed by atoms with van der Waals surface area (Å²) < 4.78 is 26.0. The van der Waals surface area contributed by atoms with Crippen LogP contribution in [0.4, 0.5) is 4.79 Å². The van der Waals surface area contributed by atoms with Crippen molar-refractivity contribution in [2.45, 2.75) is 50.9 Å². The zero-order valence-corrected chi connectivity index (χ0v) is 14.5. The standard InChI is InChI=1S/C16H24N2O3S/c1-10(2)13-16(4,5)14(18-15(19)17-13)22(20,21)12-8-6-11(3)7-9-12/h6-10,13-14H,1-5H3,(H2,17,18,19). The van der Waals surface area contributed by atoms with Gasteiger partial charge in [0, 0.05) is 11.5 Å². The van der Waals surface area contributed by atoms with Crippen LogP contribution < -0.4 is 10.6 Å². The molecule has 0 bridgehead atoms. The molecule has 2 atom stereocenters. The van der Waals surface area contributed by atoms with Gasteiger partial charge in [-0.2, -0.15) is 0 Å². The van der Waals surface area contributed by atoms with Crippen molar-refractivity contribution in [3.63, 3.8) is 0 Å². The number of amides is 2. The average Bonchev–Trinajstić information content (AvgIpc) is 2.41. The molecule has 1 saturated heterocycles. The SMILES string of the molecule is Cc1ccc(S(=O)(=O)C2NC(=O)NC(C(C)C)C2(C)C)cc1. The number of carbonyl (C=O) groups excluding carboxylic acids is 1. The molecule has 5 nitrogen and oxygen atoms in total. The molecule has 2 amide bonds. The van der Waals surface area contributed by atoms with E-state index in [0.29, 0.717) is 0 Å². The Hall–Kier alpha value is -1.56. The number of hydrogen-bond donors (Lipinski definition) is 2. The largest absolute Gasteiger partial charge is 0.334 e. The highest BCUT2D eigenvalue weighted by atomic mass is 32.2. The Kier molecular flexibility index (Phi) is 4.26. The van der Waals surface area contributed by atoms with Crippen molar-refractivity contribution < 1.29 is 13.2 Å². The number of nitrogens with one attached hydrogen (secondary N) is 2. The molecule has 1 fully saturated rings. The Morgan fingerprint density at radius 3 is 2.14 bits per heavy atom. The molecule has 0 spiro atoms. The van der Waals surface area contributed by atoms with Gasteiger partial charge < -0.3 is 10.6 Å². The summed E-state index contributed by atoms with van der Waals surface area (Å²) in [4.78, 5) is 12.2. The summed E-state index contributed by atoms with van der Waals surface area (Å²) in [5, 5.41) is 4.51. The number of benzene rings is 1. The maximum absolute atomic E-state index is 13.0. The molecule has 0 radical (unpaired) electrons. The van der Waals surface area contributed by atoms with E-state index in [-0.39, 0.29) is 16.9 Å². The van der Waals surface area contributed by atoms with Crippen LogP contribution in [0.1, 0.15) is 33.3 Å². The molecule has 0 aliphatic carbocycles. The molecule has 122 valence electrons. The topological polar surface area (TPSA) is 75.3 Å². The van der Waals surface area contributed by atoms with Gasteiger partial charge in [-0.3, -0.25) is 0 Å². The van der Waals surface area contributed by atoms with Crippen molar-refractivity contribution in [3.8, 4) is 0 Å². The number of sulfone groups is 1. The lowest BCUT2D eigenvalue weighted by Gasteiger charge is -2.46. The van der Waals surface area contributed by atoms with Crippen molar-refractivity contribution in [1.82, 2.24) is 10.6 Å². The highest BCUT2D eigenvalue weighted by molar-refractivity contribution is 7.92. The molecule has 1 aromatic carbocycles. The quantitative estimate of drug-likeness (QED) is 0.897. The van der Waals surface area contributed by atoms with Crippen molar-refractivity contribution in [3.05, 3.63) is 29.8 Å². The summed E-state index contributed by atoms with van der Waals surface area (Å²) in [5.41, 5.74) is 0.360. The smallest absolute Gasteiger partial charge is 0.316 e. The van der Waals surface area contributed by atoms with Gasteiger partial charge in [-0.1, -0.05) is 45.4 Å². The maximum Gasteiger partial charge on any atom is 0.316 e. The molecule has 2 unspecified atom stereocenters. The number of carbonyl (C=O) groups is 1. The predicted octanol–water partition coefficient (Wildman–Crippen LogP) is 2.46. The minimum Gasteiger partial charge on any atom is -0.334 e. The van der Waals surface area contributed by atoms with E-state index in [1.54, 1.807) is 24.3 Å². The summed E-state index contributed by atoms with van der Waals surface area (Å²) in [7, 11) is -3.66. The molecule has 1 heterocycles. The van der Waals surface area contributed by atoms with E-state index < -0.39 is 26.7 Å². The van der Waals surface area contributed by atoms with Crippen LogP contribution in [0.3, 0.4) is 0 Å².